The summed E-state index contributed by atoms with van der Waals surface area (Å²) in [6, 6.07) is -0.143. The van der Waals surface area contributed by atoms with Gasteiger partial charge in [0.1, 0.15) is 0 Å². The molecule has 0 aliphatic heterocycles. The van der Waals surface area contributed by atoms with E-state index in [-0.39, 0.29) is 12.6 Å². The molecule has 0 spiro atoms. The van der Waals surface area contributed by atoms with Gasteiger partial charge in [0.25, 0.3) is 0 Å². The van der Waals surface area contributed by atoms with Crippen molar-refractivity contribution in [3.63, 3.8) is 0 Å². The van der Waals surface area contributed by atoms with Crippen LogP contribution in [0.2, 0.25) is 0 Å². The summed E-state index contributed by atoms with van der Waals surface area (Å²) in [7, 11) is 0. The van der Waals surface area contributed by atoms with Gasteiger partial charge in [-0.1, -0.05) is 0 Å². The smallest absolute Gasteiger partial charge is 0.329 e. The molecule has 16 heavy (non-hydrogen) atoms. The molecule has 1 aliphatic rings. The number of halogens is 3. The Morgan fingerprint density at radius 1 is 1.31 bits per heavy atom. The molecule has 1 saturated carbocycles. The molecule has 0 bridgehead atoms. The quantitative estimate of drug-likeness (QED) is 0.796. The van der Waals surface area contributed by atoms with E-state index in [0.29, 0.717) is 5.92 Å². The Kier molecular flexibility index (Phi) is 3.90. The van der Waals surface area contributed by atoms with Crippen LogP contribution < -0.4 is 5.73 Å². The summed E-state index contributed by atoms with van der Waals surface area (Å²) in [5.74, 6) is 0.322. The molecule has 2 nitrogen and oxygen atoms in total. The van der Waals surface area contributed by atoms with E-state index in [9.17, 15) is 13.2 Å². The second kappa shape index (κ2) is 4.53. The number of rotatable bonds is 5. The lowest BCUT2D eigenvalue weighted by atomic mass is 9.92. The summed E-state index contributed by atoms with van der Waals surface area (Å²) < 4.78 is 37.6. The van der Waals surface area contributed by atoms with Gasteiger partial charge in [-0.3, -0.25) is 4.90 Å². The number of hydrogen-bond donors (Lipinski definition) is 1. The van der Waals surface area contributed by atoms with Gasteiger partial charge in [-0.25, -0.2) is 0 Å². The van der Waals surface area contributed by atoms with E-state index < -0.39 is 18.3 Å². The lowest BCUT2D eigenvalue weighted by Crippen LogP contribution is -2.58. The van der Waals surface area contributed by atoms with Crippen molar-refractivity contribution in [1.29, 1.82) is 0 Å². The second-order valence-electron chi connectivity index (χ2n) is 5.17. The fourth-order valence-electron chi connectivity index (χ4n) is 2.37. The van der Waals surface area contributed by atoms with Crippen molar-refractivity contribution in [2.24, 2.45) is 11.7 Å². The molecular weight excluding hydrogens is 217 g/mol. The van der Waals surface area contributed by atoms with E-state index >= 15 is 0 Å². The van der Waals surface area contributed by atoms with Crippen molar-refractivity contribution in [3.05, 3.63) is 0 Å². The number of nitrogens with two attached hydrogens (primary N) is 1. The van der Waals surface area contributed by atoms with Crippen LogP contribution >= 0.6 is 0 Å². The van der Waals surface area contributed by atoms with Gasteiger partial charge in [-0.05, 0) is 39.5 Å². The van der Waals surface area contributed by atoms with E-state index in [1.165, 1.54) is 4.90 Å². The lowest BCUT2D eigenvalue weighted by Gasteiger charge is -2.44. The lowest BCUT2D eigenvalue weighted by molar-refractivity contribution is -0.165. The highest BCUT2D eigenvalue weighted by atomic mass is 19.4. The molecule has 0 aromatic carbocycles. The molecule has 0 aromatic rings. The molecule has 0 aromatic heterocycles. The summed E-state index contributed by atoms with van der Waals surface area (Å²) in [5, 5.41) is 0. The Balaban J connectivity index is 2.82. The van der Waals surface area contributed by atoms with Crippen LogP contribution in [0, 0.1) is 5.92 Å². The molecule has 0 radical (unpaired) electrons. The van der Waals surface area contributed by atoms with Gasteiger partial charge in [0, 0.05) is 18.1 Å². The average molecular weight is 238 g/mol. The molecule has 1 aliphatic carbocycles. The van der Waals surface area contributed by atoms with Crippen LogP contribution in [0.4, 0.5) is 13.2 Å². The van der Waals surface area contributed by atoms with E-state index in [0.717, 1.165) is 12.8 Å². The number of hydrogen-bond acceptors (Lipinski definition) is 2. The topological polar surface area (TPSA) is 29.3 Å². The van der Waals surface area contributed by atoms with Crippen LogP contribution in [0.1, 0.15) is 33.6 Å². The minimum atomic E-state index is -4.16. The van der Waals surface area contributed by atoms with Crippen molar-refractivity contribution < 1.29 is 13.2 Å². The highest BCUT2D eigenvalue weighted by Gasteiger charge is 2.48. The third kappa shape index (κ3) is 3.10. The zero-order valence-electron chi connectivity index (χ0n) is 10.1. The maximum atomic E-state index is 12.5. The van der Waals surface area contributed by atoms with Gasteiger partial charge in [0.15, 0.2) is 0 Å². The summed E-state index contributed by atoms with van der Waals surface area (Å²) in [6.45, 7) is 4.86. The molecule has 1 fully saturated rings. The van der Waals surface area contributed by atoms with Gasteiger partial charge in [0.2, 0.25) is 0 Å². The first kappa shape index (κ1) is 13.8. The SMILES string of the molecule is CC(C)N(CC(F)(F)F)C(C)(CN)C1CC1. The highest BCUT2D eigenvalue weighted by molar-refractivity contribution is 5.01. The summed E-state index contributed by atoms with van der Waals surface area (Å²) in [6.07, 6.45) is -2.17. The van der Waals surface area contributed by atoms with Crippen molar-refractivity contribution in [2.75, 3.05) is 13.1 Å². The minimum Gasteiger partial charge on any atom is -0.329 e. The molecule has 1 atom stereocenters. The Hall–Kier alpha value is -0.290. The summed E-state index contributed by atoms with van der Waals surface area (Å²) in [5.41, 5.74) is 5.19. The zero-order chi connectivity index (χ0) is 12.6. The summed E-state index contributed by atoms with van der Waals surface area (Å²) >= 11 is 0. The normalized spacial score (nSPS) is 21.6. The first-order valence-electron chi connectivity index (χ1n) is 5.74. The fourth-order valence-corrected chi connectivity index (χ4v) is 2.37. The third-order valence-corrected chi connectivity index (χ3v) is 3.50. The molecular formula is C11H21F3N2. The third-order valence-electron chi connectivity index (χ3n) is 3.50. The average Bonchev–Trinajstić information content (AvgIpc) is 2.94. The van der Waals surface area contributed by atoms with Crippen LogP contribution in [0.3, 0.4) is 0 Å². The van der Waals surface area contributed by atoms with Gasteiger partial charge in [-0.15, -0.1) is 0 Å². The van der Waals surface area contributed by atoms with Crippen molar-refractivity contribution >= 4 is 0 Å². The Labute approximate surface area is 95.0 Å². The molecule has 2 N–H and O–H groups in total. The number of alkyl halides is 3. The zero-order valence-corrected chi connectivity index (χ0v) is 10.1. The van der Waals surface area contributed by atoms with Crippen molar-refractivity contribution in [3.8, 4) is 0 Å². The molecule has 0 saturated heterocycles. The predicted octanol–water partition coefficient (Wildman–Crippen LogP) is 2.39. The van der Waals surface area contributed by atoms with Gasteiger partial charge in [-0.2, -0.15) is 13.2 Å². The predicted molar refractivity (Wildman–Crippen MR) is 58.1 cm³/mol. The van der Waals surface area contributed by atoms with E-state index in [1.54, 1.807) is 13.8 Å². The monoisotopic (exact) mass is 238 g/mol. The molecule has 1 rings (SSSR count). The molecule has 1 unspecified atom stereocenters. The standard InChI is InChI=1S/C11H21F3N2/c1-8(2)16(7-11(12,13)14)10(3,6-15)9-4-5-9/h8-9H,4-7,15H2,1-3H3. The van der Waals surface area contributed by atoms with Crippen LogP contribution in [0.5, 0.6) is 0 Å². The van der Waals surface area contributed by atoms with E-state index in [2.05, 4.69) is 0 Å². The van der Waals surface area contributed by atoms with E-state index in [4.69, 9.17) is 5.73 Å². The molecule has 5 heteroatoms. The fraction of sp³-hybridized carbons (Fsp3) is 1.00. The molecule has 0 heterocycles. The highest BCUT2D eigenvalue weighted by Crippen LogP contribution is 2.44. The van der Waals surface area contributed by atoms with Crippen LogP contribution in [0.15, 0.2) is 0 Å². The van der Waals surface area contributed by atoms with Crippen molar-refractivity contribution in [1.82, 2.24) is 4.90 Å². The number of nitrogens with zero attached hydrogens (tertiary/aromatic N) is 1. The largest absolute Gasteiger partial charge is 0.401 e. The van der Waals surface area contributed by atoms with Gasteiger partial charge < -0.3 is 5.73 Å². The second-order valence-corrected chi connectivity index (χ2v) is 5.17. The Bertz CT molecular complexity index is 236. The Morgan fingerprint density at radius 3 is 2.06 bits per heavy atom. The van der Waals surface area contributed by atoms with Gasteiger partial charge in [0.05, 0.1) is 6.54 Å². The summed E-state index contributed by atoms with van der Waals surface area (Å²) in [4.78, 5) is 1.50. The van der Waals surface area contributed by atoms with Crippen LogP contribution in [0.25, 0.3) is 0 Å². The maximum absolute atomic E-state index is 12.5. The maximum Gasteiger partial charge on any atom is 0.401 e. The first-order valence-corrected chi connectivity index (χ1v) is 5.74. The molecule has 0 amide bonds. The van der Waals surface area contributed by atoms with E-state index in [1.807, 2.05) is 6.92 Å². The minimum absolute atomic E-state index is 0.143. The van der Waals surface area contributed by atoms with Crippen molar-refractivity contribution in [2.45, 2.75) is 51.4 Å². The first-order chi connectivity index (χ1) is 7.20. The molecule has 96 valence electrons. The Morgan fingerprint density at radius 2 is 1.81 bits per heavy atom. The van der Waals surface area contributed by atoms with Gasteiger partial charge >= 0.3 is 6.18 Å². The van der Waals surface area contributed by atoms with Crippen LogP contribution in [-0.2, 0) is 0 Å². The van der Waals surface area contributed by atoms with Crippen LogP contribution in [-0.4, -0.2) is 35.7 Å².